The van der Waals surface area contributed by atoms with Crippen LogP contribution >= 0.6 is 22.9 Å². The van der Waals surface area contributed by atoms with Crippen LogP contribution in [0.15, 0.2) is 24.5 Å². The van der Waals surface area contributed by atoms with Crippen molar-refractivity contribution in [3.8, 4) is 10.4 Å². The van der Waals surface area contributed by atoms with Crippen molar-refractivity contribution in [3.63, 3.8) is 0 Å². The van der Waals surface area contributed by atoms with Crippen LogP contribution in [-0.2, 0) is 14.3 Å². The summed E-state index contributed by atoms with van der Waals surface area (Å²) < 4.78 is 5.53. The number of pyridine rings is 1. The van der Waals surface area contributed by atoms with Gasteiger partial charge >= 0.3 is 0 Å². The first-order valence-corrected chi connectivity index (χ1v) is 13.0. The van der Waals surface area contributed by atoms with Crippen LogP contribution in [0.3, 0.4) is 0 Å². The molecule has 0 radical (unpaired) electrons. The molecule has 2 aromatic rings. The molecule has 34 heavy (non-hydrogen) atoms. The zero-order chi connectivity index (χ0) is 23.8. The molecule has 0 bridgehead atoms. The van der Waals surface area contributed by atoms with E-state index in [9.17, 15) is 14.4 Å². The molecule has 1 aliphatic carbocycles. The van der Waals surface area contributed by atoms with Crippen molar-refractivity contribution >= 4 is 40.5 Å². The van der Waals surface area contributed by atoms with Crippen LogP contribution in [0, 0.1) is 12.8 Å². The molecule has 1 N–H and O–H groups in total. The molecule has 8 nitrogen and oxygen atoms in total. The number of thiazole rings is 1. The highest BCUT2D eigenvalue weighted by molar-refractivity contribution is 7.17. The van der Waals surface area contributed by atoms with E-state index in [0.717, 1.165) is 48.2 Å². The number of alkyl halides is 1. The fraction of sp³-hybridized carbons (Fsp3) is 0.542. The molecule has 4 heterocycles. The first-order chi connectivity index (χ1) is 16.4. The Kier molecular flexibility index (Phi) is 6.68. The normalized spacial score (nSPS) is 25.9. The van der Waals surface area contributed by atoms with Gasteiger partial charge in [-0.2, -0.15) is 0 Å². The highest BCUT2D eigenvalue weighted by Gasteiger charge is 2.53. The fourth-order valence-corrected chi connectivity index (χ4v) is 6.35. The van der Waals surface area contributed by atoms with Crippen molar-refractivity contribution < 1.29 is 19.1 Å². The monoisotopic (exact) mass is 502 g/mol. The summed E-state index contributed by atoms with van der Waals surface area (Å²) in [5.74, 6) is -0.758. The van der Waals surface area contributed by atoms with E-state index in [-0.39, 0.29) is 36.7 Å². The van der Waals surface area contributed by atoms with Gasteiger partial charge in [0.1, 0.15) is 24.8 Å². The molecular formula is C24H27ClN4O4S. The number of carbonyl (C=O) groups is 3. The Morgan fingerprint density at radius 1 is 1.21 bits per heavy atom. The summed E-state index contributed by atoms with van der Waals surface area (Å²) in [6.45, 7) is 2.12. The number of nitrogens with one attached hydrogen (secondary N) is 1. The third-order valence-electron chi connectivity index (χ3n) is 6.98. The molecule has 1 saturated carbocycles. The van der Waals surface area contributed by atoms with E-state index in [1.807, 2.05) is 19.1 Å². The van der Waals surface area contributed by atoms with Gasteiger partial charge in [-0.05, 0) is 31.7 Å². The summed E-state index contributed by atoms with van der Waals surface area (Å²) in [5.41, 5.74) is 1.80. The van der Waals surface area contributed by atoms with E-state index in [1.165, 1.54) is 16.2 Å². The van der Waals surface area contributed by atoms with E-state index in [2.05, 4.69) is 15.3 Å². The molecule has 4 atom stereocenters. The lowest BCUT2D eigenvalue weighted by Crippen LogP contribution is -2.55. The van der Waals surface area contributed by atoms with E-state index < -0.39 is 23.6 Å². The van der Waals surface area contributed by atoms with Gasteiger partial charge in [-0.25, -0.2) is 4.98 Å². The van der Waals surface area contributed by atoms with Crippen LogP contribution in [0.5, 0.6) is 0 Å². The Labute approximate surface area is 207 Å². The molecule has 2 saturated heterocycles. The number of carbonyl (C=O) groups excluding carboxylic acids is 3. The minimum atomic E-state index is -0.725. The maximum atomic E-state index is 13.7. The van der Waals surface area contributed by atoms with Gasteiger partial charge in [0.2, 0.25) is 5.91 Å². The van der Waals surface area contributed by atoms with Gasteiger partial charge in [0.15, 0.2) is 10.8 Å². The van der Waals surface area contributed by atoms with Crippen molar-refractivity contribution in [1.82, 2.24) is 20.2 Å². The summed E-state index contributed by atoms with van der Waals surface area (Å²) in [5, 5.41) is 2.82. The predicted octanol–water partition coefficient (Wildman–Crippen LogP) is 2.98. The van der Waals surface area contributed by atoms with Crippen molar-refractivity contribution in [2.45, 2.75) is 62.6 Å². The SMILES string of the molecule is Cc1ccc(-c2cnc(C(=O)NC(C(=O)N3C[C@H](Cl)[C@H]4OCC(=O)[C@H]43)C3CCCCC3)s2)cn1. The summed E-state index contributed by atoms with van der Waals surface area (Å²) in [6, 6.07) is 2.46. The lowest BCUT2D eigenvalue weighted by atomic mass is 9.83. The molecule has 1 unspecified atom stereocenters. The van der Waals surface area contributed by atoms with Crippen LogP contribution in [0.1, 0.15) is 47.6 Å². The number of hydrogen-bond donors (Lipinski definition) is 1. The fourth-order valence-electron chi connectivity index (χ4n) is 5.18. The molecular weight excluding hydrogens is 476 g/mol. The first kappa shape index (κ1) is 23.4. The highest BCUT2D eigenvalue weighted by Crippen LogP contribution is 2.34. The molecule has 180 valence electrons. The zero-order valence-corrected chi connectivity index (χ0v) is 20.5. The van der Waals surface area contributed by atoms with E-state index in [1.54, 1.807) is 12.4 Å². The van der Waals surface area contributed by atoms with Crippen LogP contribution in [0.2, 0.25) is 0 Å². The number of ether oxygens (including phenoxy) is 1. The van der Waals surface area contributed by atoms with Gasteiger partial charge in [-0.3, -0.25) is 19.4 Å². The van der Waals surface area contributed by atoms with Crippen LogP contribution < -0.4 is 5.32 Å². The number of nitrogens with zero attached hydrogens (tertiary/aromatic N) is 3. The van der Waals surface area contributed by atoms with Gasteiger partial charge in [0, 0.05) is 30.2 Å². The van der Waals surface area contributed by atoms with E-state index in [0.29, 0.717) is 5.01 Å². The number of ketones is 1. The number of fused-ring (bicyclic) bond motifs is 1. The number of hydrogen-bond acceptors (Lipinski definition) is 7. The lowest BCUT2D eigenvalue weighted by molar-refractivity contribution is -0.139. The number of aromatic nitrogens is 2. The lowest BCUT2D eigenvalue weighted by Gasteiger charge is -2.34. The van der Waals surface area contributed by atoms with Crippen LogP contribution in [0.25, 0.3) is 10.4 Å². The molecule has 3 fully saturated rings. The second kappa shape index (κ2) is 9.71. The summed E-state index contributed by atoms with van der Waals surface area (Å²) in [4.78, 5) is 50.3. The van der Waals surface area contributed by atoms with Gasteiger partial charge in [-0.15, -0.1) is 22.9 Å². The minimum absolute atomic E-state index is 0.0104. The van der Waals surface area contributed by atoms with E-state index >= 15 is 0 Å². The van der Waals surface area contributed by atoms with Gasteiger partial charge in [0.05, 0.1) is 10.3 Å². The number of rotatable bonds is 5. The average Bonchev–Trinajstić information content (AvgIpc) is 3.56. The molecule has 2 amide bonds. The number of Topliss-reactive ketones (excluding diaryl/α,β-unsaturated/α-hetero) is 1. The Hall–Kier alpha value is -2.36. The first-order valence-electron chi connectivity index (χ1n) is 11.7. The largest absolute Gasteiger partial charge is 0.366 e. The predicted molar refractivity (Wildman–Crippen MR) is 128 cm³/mol. The van der Waals surface area contributed by atoms with Crippen LogP contribution in [-0.4, -0.2) is 69.2 Å². The summed E-state index contributed by atoms with van der Waals surface area (Å²) in [6.07, 6.45) is 7.78. The molecule has 0 aromatic carbocycles. The van der Waals surface area contributed by atoms with Crippen molar-refractivity contribution in [1.29, 1.82) is 0 Å². The summed E-state index contributed by atoms with van der Waals surface area (Å²) in [7, 11) is 0. The average molecular weight is 503 g/mol. The van der Waals surface area contributed by atoms with Crippen molar-refractivity contribution in [2.75, 3.05) is 13.2 Å². The third kappa shape index (κ3) is 4.48. The van der Waals surface area contributed by atoms with Gasteiger partial charge < -0.3 is 15.0 Å². The topological polar surface area (TPSA) is 101 Å². The highest BCUT2D eigenvalue weighted by atomic mass is 35.5. The summed E-state index contributed by atoms with van der Waals surface area (Å²) >= 11 is 7.67. The molecule has 0 spiro atoms. The third-order valence-corrected chi connectivity index (χ3v) is 8.41. The molecule has 10 heteroatoms. The quantitative estimate of drug-likeness (QED) is 0.631. The van der Waals surface area contributed by atoms with E-state index in [4.69, 9.17) is 16.3 Å². The number of halogens is 1. The Balaban J connectivity index is 1.36. The second-order valence-electron chi connectivity index (χ2n) is 9.26. The number of aryl methyl sites for hydroxylation is 1. The standard InChI is InChI=1S/C24H27ClN4O4S/c1-13-7-8-15(9-26-13)18-10-27-23(34-18)22(31)28-19(14-5-3-2-4-6-14)24(32)29-11-16(25)21-20(29)17(30)12-33-21/h7-10,14,16,19-21H,2-6,11-12H2,1H3,(H,28,31)/t16-,19?,20+,21+/m0/s1. The van der Waals surface area contributed by atoms with Crippen molar-refractivity contribution in [3.05, 3.63) is 35.2 Å². The number of likely N-dealkylation sites (tertiary alicyclic amines) is 1. The molecule has 2 aromatic heterocycles. The minimum Gasteiger partial charge on any atom is -0.366 e. The second-order valence-corrected chi connectivity index (χ2v) is 10.9. The molecule has 5 rings (SSSR count). The number of amides is 2. The van der Waals surface area contributed by atoms with Crippen molar-refractivity contribution in [2.24, 2.45) is 5.92 Å². The smallest absolute Gasteiger partial charge is 0.280 e. The van der Waals surface area contributed by atoms with Crippen LogP contribution in [0.4, 0.5) is 0 Å². The molecule has 2 aliphatic heterocycles. The van der Waals surface area contributed by atoms with Gasteiger partial charge in [-0.1, -0.05) is 25.3 Å². The maximum absolute atomic E-state index is 13.7. The molecule has 3 aliphatic rings. The maximum Gasteiger partial charge on any atom is 0.280 e. The Bertz CT molecular complexity index is 1080. The Morgan fingerprint density at radius 2 is 2.00 bits per heavy atom. The van der Waals surface area contributed by atoms with Gasteiger partial charge in [0.25, 0.3) is 5.91 Å². The Morgan fingerprint density at radius 3 is 2.74 bits per heavy atom. The zero-order valence-electron chi connectivity index (χ0n) is 18.9.